The van der Waals surface area contributed by atoms with Gasteiger partial charge in [0.1, 0.15) is 10.8 Å². The average Bonchev–Trinajstić information content (AvgIpc) is 2.40. The van der Waals surface area contributed by atoms with Crippen LogP contribution in [0.3, 0.4) is 0 Å². The predicted octanol–water partition coefficient (Wildman–Crippen LogP) is 3.37. The minimum Gasteiger partial charge on any atom is -0.496 e. The fourth-order valence-corrected chi connectivity index (χ4v) is 2.27. The van der Waals surface area contributed by atoms with Crippen LogP contribution < -0.4 is 10.3 Å². The largest absolute Gasteiger partial charge is 0.496 e. The second-order valence-corrected chi connectivity index (χ2v) is 5.43. The molecule has 1 aromatic heterocycles. The molecule has 0 amide bonds. The van der Waals surface area contributed by atoms with Gasteiger partial charge in [-0.1, -0.05) is 39.1 Å². The van der Waals surface area contributed by atoms with Crippen LogP contribution in [0, 0.1) is 0 Å². The Bertz CT molecular complexity index is 673. The fraction of sp³-hybridized carbons (Fsp3) is 0.167. The zero-order valence-corrected chi connectivity index (χ0v) is 13.0. The molecule has 0 N–H and O–H groups in total. The van der Waals surface area contributed by atoms with E-state index < -0.39 is 5.56 Å². The number of hydrogen-bond acceptors (Lipinski definition) is 3. The fourth-order valence-electron chi connectivity index (χ4n) is 1.59. The third kappa shape index (κ3) is 3.11. The van der Waals surface area contributed by atoms with Crippen molar-refractivity contribution in [2.45, 2.75) is 6.54 Å². The number of rotatable bonds is 3. The average molecular weight is 364 g/mol. The van der Waals surface area contributed by atoms with Gasteiger partial charge in [0.15, 0.2) is 0 Å². The summed E-state index contributed by atoms with van der Waals surface area (Å²) in [7, 11) is 1.57. The van der Waals surface area contributed by atoms with Crippen LogP contribution in [0.25, 0.3) is 0 Å². The zero-order valence-electron chi connectivity index (χ0n) is 9.86. The molecular weight excluding hydrogens is 355 g/mol. The Morgan fingerprint density at radius 2 is 2.16 bits per heavy atom. The van der Waals surface area contributed by atoms with Crippen molar-refractivity contribution in [3.05, 3.63) is 54.8 Å². The van der Waals surface area contributed by atoms with Crippen LogP contribution in [0.5, 0.6) is 5.75 Å². The summed E-state index contributed by atoms with van der Waals surface area (Å²) in [5.74, 6) is 0.669. The molecule has 1 heterocycles. The van der Waals surface area contributed by atoms with E-state index in [2.05, 4.69) is 21.0 Å². The molecule has 1 aromatic carbocycles. The number of ether oxygens (including phenoxy) is 1. The molecule has 0 radical (unpaired) electrons. The van der Waals surface area contributed by atoms with Crippen molar-refractivity contribution in [1.29, 1.82) is 0 Å². The van der Waals surface area contributed by atoms with Crippen LogP contribution in [-0.2, 0) is 6.54 Å². The van der Waals surface area contributed by atoms with Crippen LogP contribution in [-0.4, -0.2) is 16.9 Å². The van der Waals surface area contributed by atoms with Crippen LogP contribution in [0.2, 0.25) is 10.0 Å². The summed E-state index contributed by atoms with van der Waals surface area (Å²) in [5, 5.41) is 4.06. The zero-order chi connectivity index (χ0) is 14.0. The third-order valence-corrected chi connectivity index (χ3v) is 3.75. The lowest BCUT2D eigenvalue weighted by molar-refractivity contribution is 0.406. The molecule has 7 heteroatoms. The van der Waals surface area contributed by atoms with Crippen molar-refractivity contribution in [3.8, 4) is 5.75 Å². The first-order valence-electron chi connectivity index (χ1n) is 5.26. The minimum atomic E-state index is -0.434. The summed E-state index contributed by atoms with van der Waals surface area (Å²) in [4.78, 5) is 11.9. The molecule has 19 heavy (non-hydrogen) atoms. The normalized spacial score (nSPS) is 10.5. The van der Waals surface area contributed by atoms with Crippen LogP contribution >= 0.6 is 39.1 Å². The summed E-state index contributed by atoms with van der Waals surface area (Å²) in [5.41, 5.74) is 0.376. The minimum absolute atomic E-state index is 0.0365. The summed E-state index contributed by atoms with van der Waals surface area (Å²) >= 11 is 14.9. The van der Waals surface area contributed by atoms with Gasteiger partial charge in [-0.15, -0.1) is 0 Å². The Hall–Kier alpha value is -1.04. The summed E-state index contributed by atoms with van der Waals surface area (Å²) in [6.45, 7) is 0.248. The standard InChI is InChI=1S/C12H9BrCl2N2O2/c1-19-10-3-2-8(13)4-7(10)6-17-12(18)11(15)9(14)5-16-17/h2-5H,6H2,1H3. The highest BCUT2D eigenvalue weighted by Gasteiger charge is 2.10. The third-order valence-electron chi connectivity index (χ3n) is 2.50. The molecule has 0 bridgehead atoms. The maximum atomic E-state index is 11.9. The molecular formula is C12H9BrCl2N2O2. The van der Waals surface area contributed by atoms with Crippen molar-refractivity contribution in [3.63, 3.8) is 0 Å². The monoisotopic (exact) mass is 362 g/mol. The lowest BCUT2D eigenvalue weighted by Gasteiger charge is -2.10. The van der Waals surface area contributed by atoms with Gasteiger partial charge in [-0.3, -0.25) is 4.79 Å². The highest BCUT2D eigenvalue weighted by Crippen LogP contribution is 2.23. The molecule has 2 aromatic rings. The maximum absolute atomic E-state index is 11.9. The number of methoxy groups -OCH3 is 1. The van der Waals surface area contributed by atoms with E-state index >= 15 is 0 Å². The molecule has 0 aliphatic carbocycles. The van der Waals surface area contributed by atoms with Crippen LogP contribution in [0.15, 0.2) is 33.7 Å². The first-order chi connectivity index (χ1) is 9.02. The Balaban J connectivity index is 2.44. The van der Waals surface area contributed by atoms with Gasteiger partial charge in [0, 0.05) is 10.0 Å². The lowest BCUT2D eigenvalue weighted by Crippen LogP contribution is -2.24. The van der Waals surface area contributed by atoms with E-state index in [0.29, 0.717) is 5.75 Å². The Morgan fingerprint density at radius 1 is 1.42 bits per heavy atom. The second-order valence-electron chi connectivity index (χ2n) is 3.73. The number of hydrogen-bond donors (Lipinski definition) is 0. The van der Waals surface area contributed by atoms with Gasteiger partial charge in [0.05, 0.1) is 24.9 Å². The Kier molecular flexibility index (Phi) is 4.50. The van der Waals surface area contributed by atoms with Gasteiger partial charge >= 0.3 is 0 Å². The highest BCUT2D eigenvalue weighted by molar-refractivity contribution is 9.10. The molecule has 0 aliphatic rings. The van der Waals surface area contributed by atoms with Gasteiger partial charge in [0.2, 0.25) is 0 Å². The van der Waals surface area contributed by atoms with Crippen molar-refractivity contribution in [2.24, 2.45) is 0 Å². The number of benzene rings is 1. The maximum Gasteiger partial charge on any atom is 0.287 e. The molecule has 0 atom stereocenters. The van der Waals surface area contributed by atoms with Crippen LogP contribution in [0.1, 0.15) is 5.56 Å². The lowest BCUT2D eigenvalue weighted by atomic mass is 10.2. The molecule has 0 saturated heterocycles. The molecule has 0 saturated carbocycles. The number of nitrogens with zero attached hydrogens (tertiary/aromatic N) is 2. The van der Waals surface area contributed by atoms with E-state index in [-0.39, 0.29) is 16.6 Å². The SMILES string of the molecule is COc1ccc(Br)cc1Cn1ncc(Cl)c(Cl)c1=O. The highest BCUT2D eigenvalue weighted by atomic mass is 79.9. The van der Waals surface area contributed by atoms with Crippen molar-refractivity contribution in [2.75, 3.05) is 7.11 Å². The summed E-state index contributed by atoms with van der Waals surface area (Å²) in [6.07, 6.45) is 1.34. The number of halogens is 3. The summed E-state index contributed by atoms with van der Waals surface area (Å²) < 4.78 is 7.36. The predicted molar refractivity (Wildman–Crippen MR) is 78.3 cm³/mol. The molecule has 100 valence electrons. The Labute approximate surface area is 128 Å². The van der Waals surface area contributed by atoms with Crippen molar-refractivity contribution in [1.82, 2.24) is 9.78 Å². The van der Waals surface area contributed by atoms with Crippen molar-refractivity contribution < 1.29 is 4.74 Å². The van der Waals surface area contributed by atoms with Gasteiger partial charge in [-0.25, -0.2) is 4.68 Å². The molecule has 0 fully saturated rings. The van der Waals surface area contributed by atoms with E-state index in [1.807, 2.05) is 18.2 Å². The molecule has 0 unspecified atom stereocenters. The van der Waals surface area contributed by atoms with E-state index in [1.165, 1.54) is 10.9 Å². The first-order valence-corrected chi connectivity index (χ1v) is 6.81. The van der Waals surface area contributed by atoms with E-state index in [4.69, 9.17) is 27.9 Å². The molecule has 4 nitrogen and oxygen atoms in total. The van der Waals surface area contributed by atoms with E-state index in [0.717, 1.165) is 10.0 Å². The van der Waals surface area contributed by atoms with Crippen molar-refractivity contribution >= 4 is 39.1 Å². The number of aromatic nitrogens is 2. The second kappa shape index (κ2) is 5.94. The molecule has 2 rings (SSSR count). The topological polar surface area (TPSA) is 44.1 Å². The van der Waals surface area contributed by atoms with E-state index in [9.17, 15) is 4.79 Å². The van der Waals surface area contributed by atoms with Gasteiger partial charge in [-0.05, 0) is 18.2 Å². The Morgan fingerprint density at radius 3 is 2.84 bits per heavy atom. The smallest absolute Gasteiger partial charge is 0.287 e. The van der Waals surface area contributed by atoms with Gasteiger partial charge in [-0.2, -0.15) is 5.10 Å². The quantitative estimate of drug-likeness (QED) is 0.839. The van der Waals surface area contributed by atoms with E-state index in [1.54, 1.807) is 7.11 Å². The van der Waals surface area contributed by atoms with Gasteiger partial charge < -0.3 is 4.74 Å². The molecule has 0 aliphatic heterocycles. The summed E-state index contributed by atoms with van der Waals surface area (Å²) in [6, 6.07) is 5.52. The first kappa shape index (κ1) is 14.4. The van der Waals surface area contributed by atoms with Crippen LogP contribution in [0.4, 0.5) is 0 Å². The van der Waals surface area contributed by atoms with Gasteiger partial charge in [0.25, 0.3) is 5.56 Å². The molecule has 0 spiro atoms.